The van der Waals surface area contributed by atoms with Crippen LogP contribution in [0, 0.1) is 12.3 Å². The number of hydrogen-bond donors (Lipinski definition) is 2. The van der Waals surface area contributed by atoms with Crippen molar-refractivity contribution in [2.75, 3.05) is 0 Å². The molecule has 1 heterocycles. The molecule has 0 aliphatic rings. The van der Waals surface area contributed by atoms with E-state index in [9.17, 15) is 9.59 Å². The zero-order chi connectivity index (χ0) is 17.2. The maximum absolute atomic E-state index is 12.1. The van der Waals surface area contributed by atoms with Gasteiger partial charge in [-0.25, -0.2) is 0 Å². The van der Waals surface area contributed by atoms with Crippen LogP contribution in [-0.4, -0.2) is 22.0 Å². The summed E-state index contributed by atoms with van der Waals surface area (Å²) in [7, 11) is 0. The van der Waals surface area contributed by atoms with E-state index in [1.165, 1.54) is 0 Å². The molecule has 1 atom stereocenters. The minimum absolute atomic E-state index is 0.0364. The van der Waals surface area contributed by atoms with E-state index in [2.05, 4.69) is 15.5 Å². The van der Waals surface area contributed by atoms with Crippen LogP contribution in [0.2, 0.25) is 0 Å². The molecule has 0 saturated carbocycles. The highest BCUT2D eigenvalue weighted by molar-refractivity contribution is 5.89. The molecule has 3 N–H and O–H groups in total. The first-order chi connectivity index (χ1) is 10.7. The van der Waals surface area contributed by atoms with Crippen molar-refractivity contribution in [2.24, 2.45) is 11.1 Å². The molecular formula is C16H20N4O3. The normalized spacial score (nSPS) is 12.7. The summed E-state index contributed by atoms with van der Waals surface area (Å²) in [6.45, 7) is 7.15. The third kappa shape index (κ3) is 3.94. The number of nitrogens with two attached hydrogens (primary N) is 1. The van der Waals surface area contributed by atoms with Gasteiger partial charge in [0.2, 0.25) is 23.6 Å². The van der Waals surface area contributed by atoms with Gasteiger partial charge in [-0.2, -0.15) is 0 Å². The lowest BCUT2D eigenvalue weighted by Crippen LogP contribution is -2.42. The molecule has 0 bridgehead atoms. The first-order valence-corrected chi connectivity index (χ1v) is 7.19. The Morgan fingerprint density at radius 1 is 1.17 bits per heavy atom. The average Bonchev–Trinajstić information content (AvgIpc) is 2.93. The number of aromatic nitrogens is 2. The van der Waals surface area contributed by atoms with Gasteiger partial charge >= 0.3 is 0 Å². The zero-order valence-corrected chi connectivity index (χ0v) is 13.6. The van der Waals surface area contributed by atoms with Crippen molar-refractivity contribution >= 4 is 11.8 Å². The van der Waals surface area contributed by atoms with Crippen molar-refractivity contribution in [2.45, 2.75) is 33.7 Å². The minimum Gasteiger partial charge on any atom is -0.418 e. The fraction of sp³-hybridized carbons (Fsp3) is 0.375. The first kappa shape index (κ1) is 16.7. The molecule has 0 fully saturated rings. The van der Waals surface area contributed by atoms with Crippen molar-refractivity contribution in [1.82, 2.24) is 15.5 Å². The summed E-state index contributed by atoms with van der Waals surface area (Å²) < 4.78 is 5.51. The van der Waals surface area contributed by atoms with Gasteiger partial charge in [-0.05, 0) is 19.1 Å². The van der Waals surface area contributed by atoms with Crippen LogP contribution in [0.4, 0.5) is 0 Å². The molecule has 0 aliphatic heterocycles. The lowest BCUT2D eigenvalue weighted by molar-refractivity contribution is -0.133. The highest BCUT2D eigenvalue weighted by Crippen LogP contribution is 2.22. The number of amides is 2. The number of carbonyl (C=O) groups is 2. The fourth-order valence-electron chi connectivity index (χ4n) is 1.77. The van der Waals surface area contributed by atoms with Gasteiger partial charge in [0.05, 0.1) is 0 Å². The molecule has 1 aromatic heterocycles. The summed E-state index contributed by atoms with van der Waals surface area (Å²) in [4.78, 5) is 23.7. The summed E-state index contributed by atoms with van der Waals surface area (Å²) >= 11 is 0. The number of nitrogens with one attached hydrogen (secondary N) is 1. The predicted octanol–water partition coefficient (Wildman–Crippen LogP) is 1.73. The molecule has 2 rings (SSSR count). The Kier molecular flexibility index (Phi) is 4.49. The average molecular weight is 316 g/mol. The number of rotatable bonds is 4. The summed E-state index contributed by atoms with van der Waals surface area (Å²) in [6.07, 6.45) is 0. The van der Waals surface area contributed by atoms with Crippen molar-refractivity contribution in [1.29, 1.82) is 0 Å². The van der Waals surface area contributed by atoms with Crippen LogP contribution in [0.1, 0.15) is 38.3 Å². The third-order valence-electron chi connectivity index (χ3n) is 3.23. The molecule has 23 heavy (non-hydrogen) atoms. The van der Waals surface area contributed by atoms with Gasteiger partial charge in [0.1, 0.15) is 0 Å². The van der Waals surface area contributed by atoms with E-state index in [0.29, 0.717) is 0 Å². The maximum Gasteiger partial charge on any atom is 0.249 e. The van der Waals surface area contributed by atoms with E-state index in [-0.39, 0.29) is 17.7 Å². The quantitative estimate of drug-likeness (QED) is 0.892. The molecule has 0 aliphatic carbocycles. The predicted molar refractivity (Wildman–Crippen MR) is 84.0 cm³/mol. The molecule has 0 spiro atoms. The molecule has 0 saturated heterocycles. The number of nitrogens with zero attached hydrogens (tertiary/aromatic N) is 2. The largest absolute Gasteiger partial charge is 0.418 e. The van der Waals surface area contributed by atoms with Crippen LogP contribution >= 0.6 is 0 Å². The van der Waals surface area contributed by atoms with Crippen molar-refractivity contribution in [3.8, 4) is 11.5 Å². The van der Waals surface area contributed by atoms with Crippen LogP contribution < -0.4 is 11.1 Å². The summed E-state index contributed by atoms with van der Waals surface area (Å²) in [5.41, 5.74) is 6.49. The Morgan fingerprint density at radius 3 is 2.30 bits per heavy atom. The molecule has 2 aromatic rings. The Hall–Kier alpha value is -2.70. The van der Waals surface area contributed by atoms with Gasteiger partial charge < -0.3 is 15.5 Å². The van der Waals surface area contributed by atoms with Crippen molar-refractivity contribution < 1.29 is 14.0 Å². The van der Waals surface area contributed by atoms with Crippen LogP contribution in [0.3, 0.4) is 0 Å². The van der Waals surface area contributed by atoms with Gasteiger partial charge in [-0.1, -0.05) is 38.5 Å². The summed E-state index contributed by atoms with van der Waals surface area (Å²) in [5, 5.41) is 10.3. The lowest BCUT2D eigenvalue weighted by Gasteiger charge is -2.20. The molecule has 1 aromatic carbocycles. The number of benzene rings is 1. The van der Waals surface area contributed by atoms with Crippen molar-refractivity contribution in [3.63, 3.8) is 0 Å². The van der Waals surface area contributed by atoms with Gasteiger partial charge in [-0.3, -0.25) is 9.59 Å². The summed E-state index contributed by atoms with van der Waals surface area (Å²) in [5.74, 6) is -0.875. The Morgan fingerprint density at radius 2 is 1.78 bits per heavy atom. The highest BCUT2D eigenvalue weighted by atomic mass is 16.4. The van der Waals surface area contributed by atoms with Crippen LogP contribution in [-0.2, 0) is 9.59 Å². The number of primary amides is 1. The topological polar surface area (TPSA) is 111 Å². The standard InChI is InChI=1S/C16H20N4O3/c1-9-5-7-10(8-6-9)13-19-20-14(23-13)11(12(17)21)18-15(22)16(2,3)4/h5-8,11H,1-4H3,(H2,17,21)(H,18,22). The van der Waals surface area contributed by atoms with Crippen molar-refractivity contribution in [3.05, 3.63) is 35.7 Å². The van der Waals surface area contributed by atoms with E-state index < -0.39 is 17.4 Å². The molecule has 122 valence electrons. The van der Waals surface area contributed by atoms with E-state index in [1.807, 2.05) is 31.2 Å². The van der Waals surface area contributed by atoms with E-state index in [4.69, 9.17) is 10.2 Å². The van der Waals surface area contributed by atoms with E-state index in [1.54, 1.807) is 20.8 Å². The van der Waals surface area contributed by atoms with Crippen LogP contribution in [0.25, 0.3) is 11.5 Å². The second kappa shape index (κ2) is 6.20. The number of carbonyl (C=O) groups excluding carboxylic acids is 2. The molecular weight excluding hydrogens is 296 g/mol. The molecule has 0 radical (unpaired) electrons. The fourth-order valence-corrected chi connectivity index (χ4v) is 1.77. The molecule has 7 heteroatoms. The number of aryl methyl sites for hydroxylation is 1. The monoisotopic (exact) mass is 316 g/mol. The Balaban J connectivity index is 2.26. The van der Waals surface area contributed by atoms with Gasteiger partial charge in [-0.15, -0.1) is 10.2 Å². The lowest BCUT2D eigenvalue weighted by atomic mass is 9.95. The van der Waals surface area contributed by atoms with Crippen LogP contribution in [0.15, 0.2) is 28.7 Å². The Bertz CT molecular complexity index is 714. The second-order valence-electron chi connectivity index (χ2n) is 6.37. The molecule has 1 unspecified atom stereocenters. The smallest absolute Gasteiger partial charge is 0.249 e. The van der Waals surface area contributed by atoms with Gasteiger partial charge in [0.15, 0.2) is 6.04 Å². The zero-order valence-electron chi connectivity index (χ0n) is 13.6. The minimum atomic E-state index is -1.16. The maximum atomic E-state index is 12.1. The second-order valence-corrected chi connectivity index (χ2v) is 6.37. The highest BCUT2D eigenvalue weighted by Gasteiger charge is 2.31. The third-order valence-corrected chi connectivity index (χ3v) is 3.23. The van der Waals surface area contributed by atoms with Crippen LogP contribution in [0.5, 0.6) is 0 Å². The van der Waals surface area contributed by atoms with E-state index in [0.717, 1.165) is 11.1 Å². The molecule has 2 amide bonds. The Labute approximate surface area is 134 Å². The van der Waals surface area contributed by atoms with E-state index >= 15 is 0 Å². The summed E-state index contributed by atoms with van der Waals surface area (Å²) in [6, 6.07) is 6.32. The first-order valence-electron chi connectivity index (χ1n) is 7.19. The van der Waals surface area contributed by atoms with Gasteiger partial charge in [0.25, 0.3) is 0 Å². The SMILES string of the molecule is Cc1ccc(-c2nnc(C(NC(=O)C(C)(C)C)C(N)=O)o2)cc1. The molecule has 7 nitrogen and oxygen atoms in total. The number of hydrogen-bond acceptors (Lipinski definition) is 5. The van der Waals surface area contributed by atoms with Gasteiger partial charge in [0, 0.05) is 11.0 Å².